The van der Waals surface area contributed by atoms with Gasteiger partial charge in [0.2, 0.25) is 0 Å². The monoisotopic (exact) mass is 577 g/mol. The van der Waals surface area contributed by atoms with Crippen molar-refractivity contribution in [2.24, 2.45) is 0 Å². The minimum absolute atomic E-state index is 0.129. The smallest absolute Gasteiger partial charge is 0.137 e. The van der Waals surface area contributed by atoms with Gasteiger partial charge in [0.1, 0.15) is 11.2 Å². The summed E-state index contributed by atoms with van der Waals surface area (Å²) in [5, 5.41) is 4.73. The summed E-state index contributed by atoms with van der Waals surface area (Å²) >= 11 is 0. The van der Waals surface area contributed by atoms with Crippen LogP contribution in [-0.2, 0) is 5.41 Å². The van der Waals surface area contributed by atoms with E-state index in [1.807, 2.05) is 12.1 Å². The molecule has 0 N–H and O–H groups in total. The third-order valence-electron chi connectivity index (χ3n) is 9.64. The zero-order valence-corrected chi connectivity index (χ0v) is 25.3. The first-order chi connectivity index (χ1) is 22.1. The van der Waals surface area contributed by atoms with Gasteiger partial charge in [-0.15, -0.1) is 0 Å². The standard InChI is InChI=1S/C43H31NO/c1-43(2)37-18-10-8-17-36(37)41-38(43)26-30-14-6-7-15-33(30)42(41)44(31-22-20-29(21-23-31)28-12-4-3-5-13-28)32-24-25-35-34-16-9-11-19-39(34)45-40(35)27-32/h3-27H,1-2H3. The summed E-state index contributed by atoms with van der Waals surface area (Å²) in [5.41, 5.74) is 12.8. The molecule has 0 bridgehead atoms. The van der Waals surface area contributed by atoms with Crippen LogP contribution in [0.4, 0.5) is 17.1 Å². The van der Waals surface area contributed by atoms with Crippen LogP contribution in [0.25, 0.3) is 55.0 Å². The Morgan fingerprint density at radius 1 is 0.489 bits per heavy atom. The second-order valence-corrected chi connectivity index (χ2v) is 12.6. The Bertz CT molecular complexity index is 2400. The number of rotatable bonds is 4. The Morgan fingerprint density at radius 2 is 1.13 bits per heavy atom. The Hall–Kier alpha value is -5.60. The summed E-state index contributed by atoms with van der Waals surface area (Å²) < 4.78 is 6.43. The van der Waals surface area contributed by atoms with Crippen LogP contribution < -0.4 is 4.90 Å². The first kappa shape index (κ1) is 25.9. The molecule has 0 spiro atoms. The summed E-state index contributed by atoms with van der Waals surface area (Å²) in [6, 6.07) is 54.7. The first-order valence-corrected chi connectivity index (χ1v) is 15.6. The fourth-order valence-corrected chi connectivity index (χ4v) is 7.41. The fraction of sp³-hybridized carbons (Fsp3) is 0.0698. The number of nitrogens with zero attached hydrogens (tertiary/aromatic N) is 1. The van der Waals surface area contributed by atoms with Gasteiger partial charge >= 0.3 is 0 Å². The average molecular weight is 578 g/mol. The number of benzene rings is 7. The van der Waals surface area contributed by atoms with Crippen LogP contribution in [-0.4, -0.2) is 0 Å². The quantitative estimate of drug-likeness (QED) is 0.207. The summed E-state index contributed by atoms with van der Waals surface area (Å²) in [5.74, 6) is 0. The zero-order chi connectivity index (χ0) is 30.1. The van der Waals surface area contributed by atoms with Crippen molar-refractivity contribution in [2.45, 2.75) is 19.3 Å². The summed E-state index contributed by atoms with van der Waals surface area (Å²) in [6.45, 7) is 4.71. The highest BCUT2D eigenvalue weighted by Crippen LogP contribution is 2.56. The maximum Gasteiger partial charge on any atom is 0.137 e. The van der Waals surface area contributed by atoms with E-state index in [9.17, 15) is 0 Å². The maximum absolute atomic E-state index is 6.43. The summed E-state index contributed by atoms with van der Waals surface area (Å²) in [7, 11) is 0. The van der Waals surface area contributed by atoms with Crippen molar-refractivity contribution in [3.63, 3.8) is 0 Å². The lowest BCUT2D eigenvalue weighted by Gasteiger charge is -2.30. The first-order valence-electron chi connectivity index (χ1n) is 15.6. The molecule has 45 heavy (non-hydrogen) atoms. The van der Waals surface area contributed by atoms with Crippen molar-refractivity contribution in [3.05, 3.63) is 163 Å². The van der Waals surface area contributed by atoms with Crippen molar-refractivity contribution in [2.75, 3.05) is 4.90 Å². The van der Waals surface area contributed by atoms with E-state index in [1.165, 1.54) is 49.8 Å². The third kappa shape index (κ3) is 3.89. The van der Waals surface area contributed by atoms with E-state index >= 15 is 0 Å². The molecular weight excluding hydrogens is 546 g/mol. The van der Waals surface area contributed by atoms with Gasteiger partial charge in [-0.2, -0.15) is 0 Å². The lowest BCUT2D eigenvalue weighted by Crippen LogP contribution is -2.16. The Balaban J connectivity index is 1.36. The molecular formula is C43H31NO. The second-order valence-electron chi connectivity index (χ2n) is 12.6. The lowest BCUT2D eigenvalue weighted by molar-refractivity contribution is 0.661. The molecule has 0 aliphatic heterocycles. The lowest BCUT2D eigenvalue weighted by atomic mass is 9.81. The van der Waals surface area contributed by atoms with Gasteiger partial charge in [0.25, 0.3) is 0 Å². The van der Waals surface area contributed by atoms with E-state index < -0.39 is 0 Å². The molecule has 0 fully saturated rings. The van der Waals surface area contributed by atoms with Crippen molar-refractivity contribution >= 4 is 49.8 Å². The fourth-order valence-electron chi connectivity index (χ4n) is 7.41. The third-order valence-corrected chi connectivity index (χ3v) is 9.64. The average Bonchev–Trinajstić information content (AvgIpc) is 3.57. The molecule has 214 valence electrons. The molecule has 0 unspecified atom stereocenters. The number of anilines is 3. The maximum atomic E-state index is 6.43. The highest BCUT2D eigenvalue weighted by atomic mass is 16.3. The Morgan fingerprint density at radius 3 is 1.98 bits per heavy atom. The van der Waals surface area contributed by atoms with E-state index in [2.05, 4.69) is 158 Å². The molecule has 2 heteroatoms. The van der Waals surface area contributed by atoms with Gasteiger partial charge in [0.05, 0.1) is 5.69 Å². The highest BCUT2D eigenvalue weighted by molar-refractivity contribution is 6.11. The van der Waals surface area contributed by atoms with Crippen LogP contribution in [0.3, 0.4) is 0 Å². The van der Waals surface area contributed by atoms with Crippen LogP contribution in [0.1, 0.15) is 25.0 Å². The molecule has 0 amide bonds. The van der Waals surface area contributed by atoms with Gasteiger partial charge in [0, 0.05) is 44.6 Å². The molecule has 0 saturated carbocycles. The molecule has 0 radical (unpaired) electrons. The summed E-state index contributed by atoms with van der Waals surface area (Å²) in [6.07, 6.45) is 0. The molecule has 9 rings (SSSR count). The normalized spacial score (nSPS) is 13.3. The molecule has 8 aromatic rings. The molecule has 1 aliphatic carbocycles. The number of hydrogen-bond donors (Lipinski definition) is 0. The topological polar surface area (TPSA) is 16.4 Å². The van der Waals surface area contributed by atoms with E-state index in [1.54, 1.807) is 0 Å². The van der Waals surface area contributed by atoms with Crippen molar-refractivity contribution in [3.8, 4) is 22.3 Å². The molecule has 1 heterocycles. The minimum Gasteiger partial charge on any atom is -0.456 e. The van der Waals surface area contributed by atoms with Gasteiger partial charge < -0.3 is 9.32 Å². The van der Waals surface area contributed by atoms with Crippen LogP contribution in [0.15, 0.2) is 156 Å². The number of fused-ring (bicyclic) bond motifs is 7. The van der Waals surface area contributed by atoms with Crippen LogP contribution >= 0.6 is 0 Å². The molecule has 0 saturated heterocycles. The minimum atomic E-state index is -0.129. The molecule has 0 atom stereocenters. The van der Waals surface area contributed by atoms with Gasteiger partial charge in [-0.05, 0) is 69.6 Å². The number of hydrogen-bond acceptors (Lipinski definition) is 2. The van der Waals surface area contributed by atoms with Gasteiger partial charge in [0.15, 0.2) is 0 Å². The SMILES string of the molecule is CC1(C)c2ccccc2-c2c1cc1ccccc1c2N(c1ccc(-c2ccccc2)cc1)c1ccc2c(c1)oc1ccccc12. The second kappa shape index (κ2) is 9.70. The molecule has 1 aromatic heterocycles. The van der Waals surface area contributed by atoms with Crippen molar-refractivity contribution in [1.82, 2.24) is 0 Å². The van der Waals surface area contributed by atoms with Crippen LogP contribution in [0.5, 0.6) is 0 Å². The van der Waals surface area contributed by atoms with Crippen molar-refractivity contribution < 1.29 is 4.42 Å². The predicted octanol–water partition coefficient (Wildman–Crippen LogP) is 12.2. The molecule has 1 aliphatic rings. The Labute approximate surface area is 262 Å². The van der Waals surface area contributed by atoms with Crippen molar-refractivity contribution in [1.29, 1.82) is 0 Å². The number of para-hydroxylation sites is 1. The summed E-state index contributed by atoms with van der Waals surface area (Å²) in [4.78, 5) is 2.45. The molecule has 7 aromatic carbocycles. The number of furan rings is 1. The Kier molecular flexibility index (Phi) is 5.58. The zero-order valence-electron chi connectivity index (χ0n) is 25.3. The molecule has 2 nitrogen and oxygen atoms in total. The largest absolute Gasteiger partial charge is 0.456 e. The van der Waals surface area contributed by atoms with Gasteiger partial charge in [-0.1, -0.05) is 123 Å². The van der Waals surface area contributed by atoms with E-state index in [0.29, 0.717) is 0 Å². The van der Waals surface area contributed by atoms with E-state index in [4.69, 9.17) is 4.42 Å². The van der Waals surface area contributed by atoms with E-state index in [0.717, 1.165) is 33.3 Å². The highest BCUT2D eigenvalue weighted by Gasteiger charge is 2.39. The predicted molar refractivity (Wildman–Crippen MR) is 189 cm³/mol. The van der Waals surface area contributed by atoms with Gasteiger partial charge in [-0.3, -0.25) is 0 Å². The van der Waals surface area contributed by atoms with Gasteiger partial charge in [-0.25, -0.2) is 0 Å². The van der Waals surface area contributed by atoms with Crippen LogP contribution in [0.2, 0.25) is 0 Å². The van der Waals surface area contributed by atoms with Crippen LogP contribution in [0, 0.1) is 0 Å². The van der Waals surface area contributed by atoms with E-state index in [-0.39, 0.29) is 5.41 Å².